The Labute approximate surface area is 186 Å². The van der Waals surface area contributed by atoms with E-state index in [-0.39, 0.29) is 24.2 Å². The topological polar surface area (TPSA) is 70.1 Å². The van der Waals surface area contributed by atoms with Crippen molar-refractivity contribution in [3.05, 3.63) is 23.4 Å². The molecule has 7 heteroatoms. The molecule has 0 spiro atoms. The molecule has 0 N–H and O–H groups in total. The van der Waals surface area contributed by atoms with Crippen molar-refractivity contribution in [1.29, 1.82) is 0 Å². The third kappa shape index (κ3) is 6.64. The van der Waals surface area contributed by atoms with Crippen LogP contribution in [0.5, 0.6) is 5.88 Å². The zero-order valence-corrected chi connectivity index (χ0v) is 19.5. The normalized spacial score (nSPS) is 22.2. The Morgan fingerprint density at radius 1 is 1.16 bits per heavy atom. The molecule has 0 bridgehead atoms. The van der Waals surface area contributed by atoms with E-state index in [4.69, 9.17) is 18.9 Å². The number of amides is 1. The molecular formula is C24H38N2O5. The SMILES string of the molecule is COCCCCc1cc([C@@H](C)N(C(=O)[C@H]2CCC[C@@H](COC)O2)C2CC2)cc(OC)n1. The van der Waals surface area contributed by atoms with Gasteiger partial charge in [-0.25, -0.2) is 4.98 Å². The first-order chi connectivity index (χ1) is 15.1. The van der Waals surface area contributed by atoms with Gasteiger partial charge in [-0.15, -0.1) is 0 Å². The van der Waals surface area contributed by atoms with E-state index in [0.29, 0.717) is 18.5 Å². The molecule has 1 saturated carbocycles. The number of hydrogen-bond acceptors (Lipinski definition) is 6. The van der Waals surface area contributed by atoms with Crippen LogP contribution in [0, 0.1) is 0 Å². The number of carbonyl (C=O) groups excluding carboxylic acids is 1. The van der Waals surface area contributed by atoms with Crippen LogP contribution in [-0.4, -0.2) is 68.6 Å². The molecule has 31 heavy (non-hydrogen) atoms. The summed E-state index contributed by atoms with van der Waals surface area (Å²) in [5, 5.41) is 0. The highest BCUT2D eigenvalue weighted by Gasteiger charge is 2.41. The Morgan fingerprint density at radius 2 is 1.97 bits per heavy atom. The van der Waals surface area contributed by atoms with E-state index < -0.39 is 0 Å². The second kappa shape index (κ2) is 11.8. The van der Waals surface area contributed by atoms with Gasteiger partial charge in [-0.1, -0.05) is 0 Å². The van der Waals surface area contributed by atoms with E-state index in [1.165, 1.54) is 0 Å². The molecule has 1 aliphatic heterocycles. The van der Waals surface area contributed by atoms with E-state index in [1.54, 1.807) is 21.3 Å². The molecule has 0 radical (unpaired) electrons. The molecule has 1 saturated heterocycles. The Kier molecular flexibility index (Phi) is 9.11. The lowest BCUT2D eigenvalue weighted by Gasteiger charge is -2.36. The minimum absolute atomic E-state index is 0.00350. The Hall–Kier alpha value is -1.70. The number of pyridine rings is 1. The zero-order chi connectivity index (χ0) is 22.2. The fourth-order valence-electron chi connectivity index (χ4n) is 4.37. The first kappa shape index (κ1) is 24.0. The van der Waals surface area contributed by atoms with Gasteiger partial charge in [0.15, 0.2) is 0 Å². The average Bonchev–Trinajstić information content (AvgIpc) is 3.62. The minimum atomic E-state index is -0.380. The van der Waals surface area contributed by atoms with E-state index in [1.807, 2.05) is 11.0 Å². The second-order valence-corrected chi connectivity index (χ2v) is 8.67. The summed E-state index contributed by atoms with van der Waals surface area (Å²) in [4.78, 5) is 20.2. The number of unbranched alkanes of at least 4 members (excludes halogenated alkanes) is 1. The van der Waals surface area contributed by atoms with Gasteiger partial charge in [-0.3, -0.25) is 4.79 Å². The number of carbonyl (C=O) groups is 1. The molecule has 1 aromatic rings. The van der Waals surface area contributed by atoms with Crippen LogP contribution in [0.2, 0.25) is 0 Å². The highest BCUT2D eigenvalue weighted by Crippen LogP contribution is 2.37. The van der Waals surface area contributed by atoms with Crippen molar-refractivity contribution in [3.63, 3.8) is 0 Å². The van der Waals surface area contributed by atoms with Crippen LogP contribution in [0.15, 0.2) is 12.1 Å². The van der Waals surface area contributed by atoms with Crippen LogP contribution in [0.1, 0.15) is 69.2 Å². The number of methoxy groups -OCH3 is 3. The fourth-order valence-corrected chi connectivity index (χ4v) is 4.37. The van der Waals surface area contributed by atoms with Gasteiger partial charge in [0, 0.05) is 38.6 Å². The van der Waals surface area contributed by atoms with Gasteiger partial charge in [0.05, 0.1) is 25.9 Å². The quantitative estimate of drug-likeness (QED) is 0.467. The molecular weight excluding hydrogens is 396 g/mol. The number of nitrogens with zero attached hydrogens (tertiary/aromatic N) is 2. The lowest BCUT2D eigenvalue weighted by Crippen LogP contribution is -2.46. The number of aromatic nitrogens is 1. The smallest absolute Gasteiger partial charge is 0.252 e. The summed E-state index contributed by atoms with van der Waals surface area (Å²) in [6.07, 6.45) is 7.31. The molecule has 2 fully saturated rings. The molecule has 3 atom stereocenters. The van der Waals surface area contributed by atoms with Gasteiger partial charge < -0.3 is 23.8 Å². The molecule has 7 nitrogen and oxygen atoms in total. The van der Waals surface area contributed by atoms with E-state index in [2.05, 4.69) is 18.0 Å². The largest absolute Gasteiger partial charge is 0.481 e. The van der Waals surface area contributed by atoms with Crippen molar-refractivity contribution >= 4 is 5.91 Å². The summed E-state index contributed by atoms with van der Waals surface area (Å²) in [6, 6.07) is 4.32. The molecule has 2 aliphatic rings. The standard InChI is InChI=1S/C24H38N2O5/c1-17(18-14-19(8-5-6-13-28-2)25-23(15-18)30-4)26(20-11-12-20)24(27)22-10-7-9-21(31-22)16-29-3/h14-15,17,20-22H,5-13,16H2,1-4H3/t17-,21+,22-/m1/s1. The van der Waals surface area contributed by atoms with Crippen molar-refractivity contribution in [2.24, 2.45) is 0 Å². The minimum Gasteiger partial charge on any atom is -0.481 e. The van der Waals surface area contributed by atoms with Crippen LogP contribution in [-0.2, 0) is 25.4 Å². The average molecular weight is 435 g/mol. The van der Waals surface area contributed by atoms with Crippen LogP contribution >= 0.6 is 0 Å². The third-order valence-electron chi connectivity index (χ3n) is 6.19. The van der Waals surface area contributed by atoms with Crippen LogP contribution in [0.25, 0.3) is 0 Å². The van der Waals surface area contributed by atoms with Gasteiger partial charge in [0.2, 0.25) is 5.88 Å². The molecule has 0 aromatic carbocycles. The van der Waals surface area contributed by atoms with E-state index in [9.17, 15) is 4.79 Å². The molecule has 1 aromatic heterocycles. The van der Waals surface area contributed by atoms with E-state index in [0.717, 1.165) is 69.2 Å². The number of ether oxygens (including phenoxy) is 4. The summed E-state index contributed by atoms with van der Waals surface area (Å²) < 4.78 is 22.0. The van der Waals surface area contributed by atoms with Crippen molar-refractivity contribution in [2.45, 2.75) is 82.6 Å². The first-order valence-corrected chi connectivity index (χ1v) is 11.6. The van der Waals surface area contributed by atoms with Gasteiger partial charge in [0.25, 0.3) is 5.91 Å². The lowest BCUT2D eigenvalue weighted by molar-refractivity contribution is -0.158. The van der Waals surface area contributed by atoms with Crippen LogP contribution in [0.3, 0.4) is 0 Å². The maximum absolute atomic E-state index is 13.5. The van der Waals surface area contributed by atoms with Crippen molar-refractivity contribution in [2.75, 3.05) is 34.5 Å². The summed E-state index contributed by atoms with van der Waals surface area (Å²) in [6.45, 7) is 3.40. The molecule has 1 amide bonds. The highest BCUT2D eigenvalue weighted by molar-refractivity contribution is 5.82. The predicted molar refractivity (Wildman–Crippen MR) is 118 cm³/mol. The van der Waals surface area contributed by atoms with Crippen LogP contribution < -0.4 is 4.74 Å². The fraction of sp³-hybridized carbons (Fsp3) is 0.750. The predicted octanol–water partition coefficient (Wildman–Crippen LogP) is 3.70. The molecule has 1 aliphatic carbocycles. The monoisotopic (exact) mass is 434 g/mol. The summed E-state index contributed by atoms with van der Waals surface area (Å²) in [5.41, 5.74) is 2.06. The molecule has 2 heterocycles. The summed E-state index contributed by atoms with van der Waals surface area (Å²) in [5.74, 6) is 0.705. The Morgan fingerprint density at radius 3 is 2.65 bits per heavy atom. The number of rotatable bonds is 12. The van der Waals surface area contributed by atoms with Gasteiger partial charge in [0.1, 0.15) is 6.10 Å². The molecule has 0 unspecified atom stereocenters. The van der Waals surface area contributed by atoms with Crippen LogP contribution in [0.4, 0.5) is 0 Å². The van der Waals surface area contributed by atoms with E-state index >= 15 is 0 Å². The summed E-state index contributed by atoms with van der Waals surface area (Å²) in [7, 11) is 5.04. The molecule has 3 rings (SSSR count). The third-order valence-corrected chi connectivity index (χ3v) is 6.19. The van der Waals surface area contributed by atoms with Crippen molar-refractivity contribution < 1.29 is 23.7 Å². The maximum Gasteiger partial charge on any atom is 0.252 e. The zero-order valence-electron chi connectivity index (χ0n) is 19.5. The second-order valence-electron chi connectivity index (χ2n) is 8.67. The number of hydrogen-bond donors (Lipinski definition) is 0. The Bertz CT molecular complexity index is 707. The van der Waals surface area contributed by atoms with Gasteiger partial charge in [-0.2, -0.15) is 0 Å². The number of aryl methyl sites for hydroxylation is 1. The van der Waals surface area contributed by atoms with Crippen molar-refractivity contribution in [3.8, 4) is 5.88 Å². The Balaban J connectivity index is 1.74. The summed E-state index contributed by atoms with van der Waals surface area (Å²) >= 11 is 0. The maximum atomic E-state index is 13.5. The molecule has 174 valence electrons. The first-order valence-electron chi connectivity index (χ1n) is 11.6. The van der Waals surface area contributed by atoms with Gasteiger partial charge >= 0.3 is 0 Å². The van der Waals surface area contributed by atoms with Crippen molar-refractivity contribution in [1.82, 2.24) is 9.88 Å². The van der Waals surface area contributed by atoms with Gasteiger partial charge in [-0.05, 0) is 69.9 Å². The highest BCUT2D eigenvalue weighted by atomic mass is 16.5. The lowest BCUT2D eigenvalue weighted by atomic mass is 10.0.